The third-order valence-electron chi connectivity index (χ3n) is 3.87. The van der Waals surface area contributed by atoms with Gasteiger partial charge in [-0.3, -0.25) is 0 Å². The Hall–Kier alpha value is -1.85. The van der Waals surface area contributed by atoms with Crippen LogP contribution in [-0.4, -0.2) is 24.2 Å². The lowest BCUT2D eigenvalue weighted by atomic mass is 9.91. The smallest absolute Gasteiger partial charge is 0.314 e. The van der Waals surface area contributed by atoms with Crippen LogP contribution in [0, 0.1) is 0 Å². The van der Waals surface area contributed by atoms with Crippen molar-refractivity contribution in [2.75, 3.05) is 13.1 Å². The second-order valence-corrected chi connectivity index (χ2v) is 7.48. The van der Waals surface area contributed by atoms with Gasteiger partial charge in [0, 0.05) is 16.8 Å². The van der Waals surface area contributed by atoms with E-state index in [1.54, 1.807) is 18.3 Å². The van der Waals surface area contributed by atoms with Crippen LogP contribution < -0.4 is 10.6 Å². The Morgan fingerprint density at radius 1 is 1.04 bits per heavy atom. The molecule has 124 valence electrons. The Morgan fingerprint density at radius 3 is 2.30 bits per heavy atom. The number of benzene rings is 1. The fourth-order valence-electron chi connectivity index (χ4n) is 2.27. The average Bonchev–Trinajstić information content (AvgIpc) is 3.07. The summed E-state index contributed by atoms with van der Waals surface area (Å²) >= 11 is 1.68. The highest BCUT2D eigenvalue weighted by Crippen LogP contribution is 2.26. The maximum Gasteiger partial charge on any atom is 0.314 e. The van der Waals surface area contributed by atoms with E-state index in [1.165, 1.54) is 4.88 Å². The molecule has 5 heteroatoms. The zero-order chi connectivity index (χ0) is 16.9. The Labute approximate surface area is 141 Å². The van der Waals surface area contributed by atoms with E-state index in [-0.39, 0.29) is 18.0 Å². The first-order valence-electron chi connectivity index (χ1n) is 7.65. The highest BCUT2D eigenvalue weighted by molar-refractivity contribution is 7.10. The summed E-state index contributed by atoms with van der Waals surface area (Å²) < 4.78 is 0. The monoisotopic (exact) mass is 332 g/mol. The number of rotatable bonds is 6. The molecule has 0 aliphatic heterocycles. The van der Waals surface area contributed by atoms with E-state index in [9.17, 15) is 9.90 Å². The number of amides is 2. The molecule has 1 atom stereocenters. The predicted molar refractivity (Wildman–Crippen MR) is 94.8 cm³/mol. The van der Waals surface area contributed by atoms with E-state index in [4.69, 9.17) is 0 Å². The lowest BCUT2D eigenvalue weighted by Gasteiger charge is -2.26. The number of hydrogen-bond acceptors (Lipinski definition) is 3. The number of thiophene rings is 1. The summed E-state index contributed by atoms with van der Waals surface area (Å²) in [5.74, 6) is 0. The number of carbonyl (C=O) groups is 1. The minimum Gasteiger partial charge on any atom is -0.384 e. The van der Waals surface area contributed by atoms with Crippen molar-refractivity contribution in [2.24, 2.45) is 0 Å². The highest BCUT2D eigenvalue weighted by atomic mass is 32.1. The topological polar surface area (TPSA) is 61.4 Å². The molecule has 4 nitrogen and oxygen atoms in total. The average molecular weight is 332 g/mol. The molecule has 3 N–H and O–H groups in total. The van der Waals surface area contributed by atoms with Crippen LogP contribution in [0.3, 0.4) is 0 Å². The molecule has 0 saturated carbocycles. The molecule has 1 aromatic heterocycles. The Balaban J connectivity index is 1.84. The molecular weight excluding hydrogens is 308 g/mol. The Morgan fingerprint density at radius 2 is 1.70 bits per heavy atom. The molecule has 0 aliphatic rings. The van der Waals surface area contributed by atoms with Crippen LogP contribution in [0.25, 0.3) is 0 Å². The summed E-state index contributed by atoms with van der Waals surface area (Å²) in [6.07, 6.45) is 0. The molecule has 1 aromatic carbocycles. The zero-order valence-electron chi connectivity index (χ0n) is 13.8. The van der Waals surface area contributed by atoms with Gasteiger partial charge in [-0.05, 0) is 23.9 Å². The first-order chi connectivity index (χ1) is 10.8. The van der Waals surface area contributed by atoms with Crippen LogP contribution in [0.2, 0.25) is 0 Å². The number of carbonyl (C=O) groups excluding carboxylic acids is 1. The third-order valence-corrected chi connectivity index (χ3v) is 5.10. The lowest BCUT2D eigenvalue weighted by Crippen LogP contribution is -2.46. The van der Waals surface area contributed by atoms with Crippen molar-refractivity contribution in [3.05, 3.63) is 58.3 Å². The molecule has 0 fully saturated rings. The van der Waals surface area contributed by atoms with Gasteiger partial charge in [-0.1, -0.05) is 50.2 Å². The van der Waals surface area contributed by atoms with E-state index in [1.807, 2.05) is 41.8 Å². The minimum absolute atomic E-state index is 0.118. The normalized spacial score (nSPS) is 14.1. The van der Waals surface area contributed by atoms with Crippen molar-refractivity contribution in [1.29, 1.82) is 0 Å². The minimum atomic E-state index is -1.10. The van der Waals surface area contributed by atoms with Gasteiger partial charge in [0.1, 0.15) is 5.60 Å². The first kappa shape index (κ1) is 17.5. The van der Waals surface area contributed by atoms with Gasteiger partial charge in [0.25, 0.3) is 0 Å². The van der Waals surface area contributed by atoms with Crippen LogP contribution in [0.15, 0.2) is 47.8 Å². The molecule has 0 radical (unpaired) electrons. The second kappa shape index (κ2) is 7.15. The van der Waals surface area contributed by atoms with Crippen molar-refractivity contribution >= 4 is 17.4 Å². The van der Waals surface area contributed by atoms with Crippen molar-refractivity contribution < 1.29 is 9.90 Å². The van der Waals surface area contributed by atoms with Gasteiger partial charge in [-0.15, -0.1) is 11.3 Å². The fraction of sp³-hybridized carbons (Fsp3) is 0.389. The van der Waals surface area contributed by atoms with Gasteiger partial charge in [0.15, 0.2) is 0 Å². The summed E-state index contributed by atoms with van der Waals surface area (Å²) in [6, 6.07) is 13.1. The number of urea groups is 1. The summed E-state index contributed by atoms with van der Waals surface area (Å²) in [6.45, 7) is 6.58. The summed E-state index contributed by atoms with van der Waals surface area (Å²) in [5.41, 5.74) is -0.436. The van der Waals surface area contributed by atoms with Gasteiger partial charge < -0.3 is 15.7 Å². The maximum atomic E-state index is 12.0. The standard InChI is InChI=1S/C18H24N2O2S/c1-17(2,15-10-7-11-23-15)12-19-16(21)20-13-18(3,22)14-8-5-4-6-9-14/h4-11,22H,12-13H2,1-3H3,(H2,19,20,21). The van der Waals surface area contributed by atoms with Crippen molar-refractivity contribution in [3.63, 3.8) is 0 Å². The fourth-order valence-corrected chi connectivity index (χ4v) is 3.12. The second-order valence-electron chi connectivity index (χ2n) is 6.54. The molecule has 1 heterocycles. The van der Waals surface area contributed by atoms with Gasteiger partial charge >= 0.3 is 6.03 Å². The molecule has 0 bridgehead atoms. The third kappa shape index (κ3) is 4.81. The quantitative estimate of drug-likeness (QED) is 0.760. The van der Waals surface area contributed by atoms with Gasteiger partial charge in [-0.25, -0.2) is 4.79 Å². The van der Waals surface area contributed by atoms with Gasteiger partial charge in [0.05, 0.1) is 6.54 Å². The van der Waals surface area contributed by atoms with Crippen LogP contribution in [0.5, 0.6) is 0 Å². The molecule has 23 heavy (non-hydrogen) atoms. The van der Waals surface area contributed by atoms with Gasteiger partial charge in [-0.2, -0.15) is 0 Å². The predicted octanol–water partition coefficient (Wildman–Crippen LogP) is 3.23. The van der Waals surface area contributed by atoms with E-state index in [0.29, 0.717) is 6.54 Å². The summed E-state index contributed by atoms with van der Waals surface area (Å²) in [5, 5.41) is 18.1. The highest BCUT2D eigenvalue weighted by Gasteiger charge is 2.25. The van der Waals surface area contributed by atoms with Gasteiger partial charge in [0.2, 0.25) is 0 Å². The van der Waals surface area contributed by atoms with Crippen LogP contribution in [0.4, 0.5) is 4.79 Å². The molecule has 0 spiro atoms. The van der Waals surface area contributed by atoms with Crippen LogP contribution in [0.1, 0.15) is 31.2 Å². The van der Waals surface area contributed by atoms with Crippen LogP contribution >= 0.6 is 11.3 Å². The largest absolute Gasteiger partial charge is 0.384 e. The summed E-state index contributed by atoms with van der Waals surface area (Å²) in [7, 11) is 0. The molecular formula is C18H24N2O2S. The number of aliphatic hydroxyl groups is 1. The SMILES string of the molecule is CC(C)(CNC(=O)NCC(C)(O)c1ccccc1)c1cccs1. The maximum absolute atomic E-state index is 12.0. The molecule has 0 saturated heterocycles. The van der Waals surface area contributed by atoms with Crippen LogP contribution in [-0.2, 0) is 11.0 Å². The Kier molecular flexibility index (Phi) is 5.44. The van der Waals surface area contributed by atoms with Crippen molar-refractivity contribution in [2.45, 2.75) is 31.8 Å². The van der Waals surface area contributed by atoms with E-state index in [2.05, 4.69) is 30.5 Å². The number of nitrogens with one attached hydrogen (secondary N) is 2. The van der Waals surface area contributed by atoms with Crippen molar-refractivity contribution in [3.8, 4) is 0 Å². The number of hydrogen-bond donors (Lipinski definition) is 3. The molecule has 1 unspecified atom stereocenters. The van der Waals surface area contributed by atoms with E-state index in [0.717, 1.165) is 5.56 Å². The molecule has 0 aliphatic carbocycles. The molecule has 2 aromatic rings. The van der Waals surface area contributed by atoms with E-state index >= 15 is 0 Å². The molecule has 2 amide bonds. The zero-order valence-corrected chi connectivity index (χ0v) is 14.6. The summed E-state index contributed by atoms with van der Waals surface area (Å²) in [4.78, 5) is 13.2. The first-order valence-corrected chi connectivity index (χ1v) is 8.53. The van der Waals surface area contributed by atoms with Crippen molar-refractivity contribution in [1.82, 2.24) is 10.6 Å². The molecule has 2 rings (SSSR count). The lowest BCUT2D eigenvalue weighted by molar-refractivity contribution is 0.0593. The van der Waals surface area contributed by atoms with E-state index < -0.39 is 5.60 Å². The Bertz CT molecular complexity index is 622.